The van der Waals surface area contributed by atoms with Crippen molar-refractivity contribution in [2.45, 2.75) is 37.9 Å². The number of rotatable bonds is 2. The molecule has 0 aliphatic heterocycles. The van der Waals surface area contributed by atoms with Gasteiger partial charge in [0.15, 0.2) is 0 Å². The van der Waals surface area contributed by atoms with Crippen molar-refractivity contribution in [1.29, 1.82) is 0 Å². The fourth-order valence-electron chi connectivity index (χ4n) is 2.69. The van der Waals surface area contributed by atoms with Crippen molar-refractivity contribution >= 4 is 11.6 Å². The highest BCUT2D eigenvalue weighted by Gasteiger charge is 2.38. The van der Waals surface area contributed by atoms with Crippen molar-refractivity contribution in [2.24, 2.45) is 11.7 Å². The van der Waals surface area contributed by atoms with Gasteiger partial charge in [0.25, 0.3) is 0 Å². The number of nitrogens with two attached hydrogens (primary N) is 1. The van der Waals surface area contributed by atoms with Gasteiger partial charge in [-0.15, -0.1) is 0 Å². The molecule has 0 saturated heterocycles. The predicted octanol–water partition coefficient (Wildman–Crippen LogP) is 4.69. The summed E-state index contributed by atoms with van der Waals surface area (Å²) < 4.78 is 52.8. The summed E-state index contributed by atoms with van der Waals surface area (Å²) in [4.78, 5) is 0. The number of halogens is 5. The minimum absolute atomic E-state index is 0.117. The Hall–Kier alpha value is -0.810. The van der Waals surface area contributed by atoms with Gasteiger partial charge in [-0.2, -0.15) is 13.2 Å². The molecule has 0 aromatic heterocycles. The first-order valence-electron chi connectivity index (χ1n) is 6.13. The Morgan fingerprint density at radius 3 is 2.32 bits per heavy atom. The van der Waals surface area contributed by atoms with Gasteiger partial charge in [-0.05, 0) is 30.9 Å². The molecule has 2 N–H and O–H groups in total. The van der Waals surface area contributed by atoms with Gasteiger partial charge >= 0.3 is 6.18 Å². The van der Waals surface area contributed by atoms with E-state index in [1.165, 1.54) is 0 Å². The Balaban J connectivity index is 2.49. The zero-order valence-corrected chi connectivity index (χ0v) is 10.9. The summed E-state index contributed by atoms with van der Waals surface area (Å²) >= 11 is 5.59. The molecule has 1 aliphatic carbocycles. The topological polar surface area (TPSA) is 26.0 Å². The molecule has 0 heterocycles. The fraction of sp³-hybridized carbons (Fsp3) is 0.538. The van der Waals surface area contributed by atoms with Gasteiger partial charge in [0.1, 0.15) is 5.82 Å². The molecule has 1 fully saturated rings. The van der Waals surface area contributed by atoms with E-state index < -0.39 is 29.2 Å². The van der Waals surface area contributed by atoms with Gasteiger partial charge < -0.3 is 5.73 Å². The first-order valence-corrected chi connectivity index (χ1v) is 6.51. The monoisotopic (exact) mass is 295 g/mol. The van der Waals surface area contributed by atoms with E-state index in [2.05, 4.69) is 0 Å². The Kier molecular flexibility index (Phi) is 4.06. The highest BCUT2D eigenvalue weighted by atomic mass is 35.5. The van der Waals surface area contributed by atoms with E-state index >= 15 is 0 Å². The maximum Gasteiger partial charge on any atom is 0.416 e. The molecule has 19 heavy (non-hydrogen) atoms. The first-order chi connectivity index (χ1) is 8.82. The van der Waals surface area contributed by atoms with Crippen LogP contribution in [0.15, 0.2) is 12.1 Å². The van der Waals surface area contributed by atoms with Crippen molar-refractivity contribution in [2.75, 3.05) is 0 Å². The van der Waals surface area contributed by atoms with E-state index in [4.69, 9.17) is 17.3 Å². The van der Waals surface area contributed by atoms with Crippen LogP contribution < -0.4 is 5.73 Å². The molecule has 1 aliphatic rings. The summed E-state index contributed by atoms with van der Waals surface area (Å²) in [7, 11) is 0. The predicted molar refractivity (Wildman–Crippen MR) is 65.3 cm³/mol. The smallest absolute Gasteiger partial charge is 0.324 e. The molecule has 0 radical (unpaired) electrons. The maximum atomic E-state index is 14.0. The van der Waals surface area contributed by atoms with Gasteiger partial charge in [0.05, 0.1) is 10.6 Å². The zero-order chi connectivity index (χ0) is 14.2. The van der Waals surface area contributed by atoms with Gasteiger partial charge in [-0.3, -0.25) is 0 Å². The summed E-state index contributed by atoms with van der Waals surface area (Å²) in [5, 5.41) is -0.323. The zero-order valence-electron chi connectivity index (χ0n) is 10.1. The quantitative estimate of drug-likeness (QED) is 0.787. The third-order valence-electron chi connectivity index (χ3n) is 3.68. The van der Waals surface area contributed by atoms with Crippen LogP contribution in [0.1, 0.15) is 42.9 Å². The van der Waals surface area contributed by atoms with Gasteiger partial charge in [-0.1, -0.05) is 24.4 Å². The molecule has 0 amide bonds. The molecule has 0 bridgehead atoms. The van der Waals surface area contributed by atoms with E-state index in [-0.39, 0.29) is 10.9 Å². The van der Waals surface area contributed by atoms with E-state index in [1.54, 1.807) is 0 Å². The van der Waals surface area contributed by atoms with Crippen molar-refractivity contribution in [1.82, 2.24) is 0 Å². The molecular formula is C13H14ClF4N. The molecule has 1 nitrogen and oxygen atoms in total. The largest absolute Gasteiger partial charge is 0.416 e. The average Bonchev–Trinajstić information content (AvgIpc) is 2.83. The van der Waals surface area contributed by atoms with Crippen LogP contribution in [0, 0.1) is 11.7 Å². The number of hydrogen-bond acceptors (Lipinski definition) is 1. The van der Waals surface area contributed by atoms with Crippen LogP contribution in [0.25, 0.3) is 0 Å². The third kappa shape index (κ3) is 2.87. The van der Waals surface area contributed by atoms with Crippen LogP contribution in [0.2, 0.25) is 5.02 Å². The fourth-order valence-corrected chi connectivity index (χ4v) is 2.86. The molecular weight excluding hydrogens is 282 g/mol. The number of alkyl halides is 3. The van der Waals surface area contributed by atoms with Crippen LogP contribution in [0.4, 0.5) is 17.6 Å². The highest BCUT2D eigenvalue weighted by molar-refractivity contribution is 6.30. The summed E-state index contributed by atoms with van der Waals surface area (Å²) in [5.41, 5.74) is 4.36. The van der Waals surface area contributed by atoms with Crippen LogP contribution in [0.5, 0.6) is 0 Å². The summed E-state index contributed by atoms with van der Waals surface area (Å²) in [6, 6.07) is 0.762. The Bertz CT molecular complexity index is 466. The van der Waals surface area contributed by atoms with Crippen LogP contribution in [0.3, 0.4) is 0 Å². The van der Waals surface area contributed by atoms with E-state index in [9.17, 15) is 17.6 Å². The second-order valence-corrected chi connectivity index (χ2v) is 5.30. The van der Waals surface area contributed by atoms with Gasteiger partial charge in [-0.25, -0.2) is 4.39 Å². The Labute approximate surface area is 113 Å². The molecule has 1 aromatic rings. The Morgan fingerprint density at radius 1 is 1.21 bits per heavy atom. The van der Waals surface area contributed by atoms with Crippen LogP contribution >= 0.6 is 11.6 Å². The first kappa shape index (κ1) is 14.6. The molecule has 2 rings (SSSR count). The highest BCUT2D eigenvalue weighted by Crippen LogP contribution is 2.42. The lowest BCUT2D eigenvalue weighted by Gasteiger charge is -2.24. The number of hydrogen-bond donors (Lipinski definition) is 1. The lowest BCUT2D eigenvalue weighted by molar-refractivity contribution is -0.138. The second kappa shape index (κ2) is 5.29. The van der Waals surface area contributed by atoms with E-state index in [1.807, 2.05) is 0 Å². The summed E-state index contributed by atoms with van der Waals surface area (Å²) in [5.74, 6) is -1.16. The third-order valence-corrected chi connectivity index (χ3v) is 3.97. The van der Waals surface area contributed by atoms with Gasteiger partial charge in [0, 0.05) is 11.6 Å². The summed E-state index contributed by atoms with van der Waals surface area (Å²) in [6.07, 6.45) is -1.34. The molecule has 1 atom stereocenters. The van der Waals surface area contributed by atoms with Gasteiger partial charge in [0.2, 0.25) is 0 Å². The molecule has 0 unspecified atom stereocenters. The van der Waals surface area contributed by atoms with Crippen molar-refractivity contribution in [3.8, 4) is 0 Å². The lowest BCUT2D eigenvalue weighted by atomic mass is 9.89. The number of benzene rings is 1. The van der Waals surface area contributed by atoms with E-state index in [0.29, 0.717) is 0 Å². The molecule has 0 spiro atoms. The SMILES string of the molecule is N[C@@H](c1c(C(F)(F)F)ccc(Cl)c1F)C1CCCC1. The molecule has 1 saturated carbocycles. The minimum Gasteiger partial charge on any atom is -0.324 e. The summed E-state index contributed by atoms with van der Waals surface area (Å²) in [6.45, 7) is 0. The standard InChI is InChI=1S/C13H14ClF4N/c14-9-6-5-8(13(16,17)18)10(11(9)15)12(19)7-3-1-2-4-7/h5-7,12H,1-4,19H2/t12-/m1/s1. The molecule has 1 aromatic carbocycles. The second-order valence-electron chi connectivity index (χ2n) is 4.89. The average molecular weight is 296 g/mol. The maximum absolute atomic E-state index is 14.0. The molecule has 6 heteroatoms. The van der Waals surface area contributed by atoms with E-state index in [0.717, 1.165) is 37.8 Å². The van der Waals surface area contributed by atoms with Crippen molar-refractivity contribution < 1.29 is 17.6 Å². The lowest BCUT2D eigenvalue weighted by Crippen LogP contribution is -2.25. The van der Waals surface area contributed by atoms with Crippen LogP contribution in [-0.4, -0.2) is 0 Å². The Morgan fingerprint density at radius 2 is 1.79 bits per heavy atom. The molecule has 106 valence electrons. The van der Waals surface area contributed by atoms with Crippen LogP contribution in [-0.2, 0) is 6.18 Å². The van der Waals surface area contributed by atoms with Crippen molar-refractivity contribution in [3.05, 3.63) is 34.1 Å². The normalized spacial score (nSPS) is 18.8. The minimum atomic E-state index is -4.63. The van der Waals surface area contributed by atoms with Crippen molar-refractivity contribution in [3.63, 3.8) is 0 Å².